The van der Waals surface area contributed by atoms with E-state index < -0.39 is 0 Å². The van der Waals surface area contributed by atoms with E-state index in [1.807, 2.05) is 0 Å². The Morgan fingerprint density at radius 3 is 2.19 bits per heavy atom. The topological polar surface area (TPSA) is 28.2 Å². The Kier molecular flexibility index (Phi) is 9.07. The lowest BCUT2D eigenvalue weighted by Gasteiger charge is -2.24. The number of rotatable bonds is 11. The summed E-state index contributed by atoms with van der Waals surface area (Å²) in [6.07, 6.45) is 6.13. The highest BCUT2D eigenvalue weighted by atomic mass is 15.2. The number of hydrogen-bond acceptors (Lipinski definition) is 3. The second-order valence-corrected chi connectivity index (χ2v) is 5.78. The lowest BCUT2D eigenvalue weighted by atomic mass is 10.2. The number of hydrogen-bond donors (Lipinski definition) is 1. The van der Waals surface area contributed by atoms with Crippen LogP contribution < -0.4 is 10.2 Å². The lowest BCUT2D eigenvalue weighted by Crippen LogP contribution is -2.27. The Balaban J connectivity index is 2.71. The number of aromatic nitrogens is 1. The molecule has 0 aromatic carbocycles. The first-order chi connectivity index (χ1) is 10.2. The van der Waals surface area contributed by atoms with Crippen LogP contribution in [0.25, 0.3) is 0 Å². The number of pyridine rings is 1. The average molecular weight is 291 g/mol. The molecule has 1 rings (SSSR count). The number of anilines is 1. The van der Waals surface area contributed by atoms with E-state index in [0.717, 1.165) is 37.7 Å². The van der Waals surface area contributed by atoms with E-state index in [9.17, 15) is 0 Å². The summed E-state index contributed by atoms with van der Waals surface area (Å²) in [7, 11) is 0. The molecule has 0 bridgehead atoms. The Hall–Kier alpha value is -1.09. The molecule has 0 aliphatic rings. The second-order valence-electron chi connectivity index (χ2n) is 5.78. The fourth-order valence-corrected chi connectivity index (χ4v) is 2.38. The standard InChI is InChI=1S/C18H33N3/c1-5-8-13-21(14-9-6-2)18-11-10-17(16(4)20-18)15-19-12-7-3/h10-11,19H,5-9,12-15H2,1-4H3. The van der Waals surface area contributed by atoms with Crippen molar-refractivity contribution in [2.45, 2.75) is 66.3 Å². The van der Waals surface area contributed by atoms with Gasteiger partial charge in [-0.3, -0.25) is 0 Å². The highest BCUT2D eigenvalue weighted by Gasteiger charge is 2.09. The largest absolute Gasteiger partial charge is 0.357 e. The summed E-state index contributed by atoms with van der Waals surface area (Å²) in [5.74, 6) is 1.15. The first-order valence-electron chi connectivity index (χ1n) is 8.65. The van der Waals surface area contributed by atoms with Crippen LogP contribution in [0.15, 0.2) is 12.1 Å². The third kappa shape index (κ3) is 6.47. The molecule has 0 amide bonds. The average Bonchev–Trinajstić information content (AvgIpc) is 2.49. The van der Waals surface area contributed by atoms with E-state index in [2.05, 4.69) is 50.0 Å². The third-order valence-corrected chi connectivity index (χ3v) is 3.81. The van der Waals surface area contributed by atoms with Crippen LogP contribution in [0, 0.1) is 6.92 Å². The smallest absolute Gasteiger partial charge is 0.128 e. The quantitative estimate of drug-likeness (QED) is 0.616. The van der Waals surface area contributed by atoms with Gasteiger partial charge in [0.15, 0.2) is 0 Å². The summed E-state index contributed by atoms with van der Waals surface area (Å²) in [4.78, 5) is 7.29. The van der Waals surface area contributed by atoms with Crippen molar-refractivity contribution in [2.24, 2.45) is 0 Å². The highest BCUT2D eigenvalue weighted by Crippen LogP contribution is 2.16. The lowest BCUT2D eigenvalue weighted by molar-refractivity contribution is 0.661. The summed E-state index contributed by atoms with van der Waals surface area (Å²) in [6.45, 7) is 13.1. The molecule has 3 nitrogen and oxygen atoms in total. The van der Waals surface area contributed by atoms with Crippen molar-refractivity contribution in [3.63, 3.8) is 0 Å². The molecule has 0 radical (unpaired) electrons. The molecule has 0 unspecified atom stereocenters. The summed E-state index contributed by atoms with van der Waals surface area (Å²) in [6, 6.07) is 4.44. The molecular weight excluding hydrogens is 258 g/mol. The zero-order valence-corrected chi connectivity index (χ0v) is 14.4. The van der Waals surface area contributed by atoms with Crippen LogP contribution >= 0.6 is 0 Å². The summed E-state index contributed by atoms with van der Waals surface area (Å²) < 4.78 is 0. The monoisotopic (exact) mass is 291 g/mol. The molecule has 0 saturated heterocycles. The van der Waals surface area contributed by atoms with Crippen LogP contribution in [0.5, 0.6) is 0 Å². The van der Waals surface area contributed by atoms with Crippen molar-refractivity contribution < 1.29 is 0 Å². The number of nitrogens with one attached hydrogen (secondary N) is 1. The molecular formula is C18H33N3. The zero-order chi connectivity index (χ0) is 15.5. The van der Waals surface area contributed by atoms with Gasteiger partial charge >= 0.3 is 0 Å². The molecule has 1 aromatic heterocycles. The Morgan fingerprint density at radius 1 is 1.00 bits per heavy atom. The van der Waals surface area contributed by atoms with Gasteiger partial charge in [-0.2, -0.15) is 0 Å². The molecule has 21 heavy (non-hydrogen) atoms. The van der Waals surface area contributed by atoms with Gasteiger partial charge in [-0.05, 0) is 44.4 Å². The maximum atomic E-state index is 4.84. The Morgan fingerprint density at radius 2 is 1.67 bits per heavy atom. The molecule has 1 N–H and O–H groups in total. The van der Waals surface area contributed by atoms with Crippen LogP contribution in [-0.2, 0) is 6.54 Å². The van der Waals surface area contributed by atoms with Crippen molar-refractivity contribution >= 4 is 5.82 Å². The molecule has 0 spiro atoms. The minimum absolute atomic E-state index is 0.927. The van der Waals surface area contributed by atoms with Crippen LogP contribution in [-0.4, -0.2) is 24.6 Å². The van der Waals surface area contributed by atoms with Crippen molar-refractivity contribution in [1.82, 2.24) is 10.3 Å². The fourth-order valence-electron chi connectivity index (χ4n) is 2.38. The van der Waals surface area contributed by atoms with Gasteiger partial charge in [0.2, 0.25) is 0 Å². The SMILES string of the molecule is CCCCN(CCCC)c1ccc(CNCCC)c(C)n1. The van der Waals surface area contributed by atoms with Gasteiger partial charge in [0.25, 0.3) is 0 Å². The van der Waals surface area contributed by atoms with E-state index in [4.69, 9.17) is 4.98 Å². The predicted octanol–water partition coefficient (Wildman–Crippen LogP) is 4.30. The minimum atomic E-state index is 0.927. The number of aryl methyl sites for hydroxylation is 1. The molecule has 0 aliphatic carbocycles. The van der Waals surface area contributed by atoms with E-state index >= 15 is 0 Å². The molecule has 1 heterocycles. The third-order valence-electron chi connectivity index (χ3n) is 3.81. The van der Waals surface area contributed by atoms with E-state index in [1.165, 1.54) is 37.7 Å². The summed E-state index contributed by atoms with van der Waals surface area (Å²) in [5, 5.41) is 3.46. The van der Waals surface area contributed by atoms with Crippen molar-refractivity contribution in [2.75, 3.05) is 24.5 Å². The van der Waals surface area contributed by atoms with E-state index in [-0.39, 0.29) is 0 Å². The van der Waals surface area contributed by atoms with E-state index in [1.54, 1.807) is 0 Å². The minimum Gasteiger partial charge on any atom is -0.357 e. The molecule has 0 saturated carbocycles. The van der Waals surface area contributed by atoms with Crippen molar-refractivity contribution in [3.8, 4) is 0 Å². The molecule has 1 aromatic rings. The van der Waals surface area contributed by atoms with Gasteiger partial charge < -0.3 is 10.2 Å². The first kappa shape index (κ1) is 18.0. The molecule has 0 atom stereocenters. The van der Waals surface area contributed by atoms with Gasteiger partial charge in [0.05, 0.1) is 0 Å². The van der Waals surface area contributed by atoms with Crippen LogP contribution in [0.4, 0.5) is 5.82 Å². The molecule has 0 aliphatic heterocycles. The van der Waals surface area contributed by atoms with Gasteiger partial charge in [-0.15, -0.1) is 0 Å². The normalized spacial score (nSPS) is 10.9. The second kappa shape index (κ2) is 10.6. The van der Waals surface area contributed by atoms with Crippen LogP contribution in [0.2, 0.25) is 0 Å². The number of nitrogens with zero attached hydrogens (tertiary/aromatic N) is 2. The van der Waals surface area contributed by atoms with Crippen LogP contribution in [0.1, 0.15) is 64.1 Å². The van der Waals surface area contributed by atoms with E-state index in [0.29, 0.717) is 0 Å². The fraction of sp³-hybridized carbons (Fsp3) is 0.722. The number of unbranched alkanes of at least 4 members (excludes halogenated alkanes) is 2. The van der Waals surface area contributed by atoms with Crippen LogP contribution in [0.3, 0.4) is 0 Å². The summed E-state index contributed by atoms with van der Waals surface area (Å²) in [5.41, 5.74) is 2.48. The Bertz CT molecular complexity index is 382. The van der Waals surface area contributed by atoms with Gasteiger partial charge in [0.1, 0.15) is 5.82 Å². The maximum absolute atomic E-state index is 4.84. The highest BCUT2D eigenvalue weighted by molar-refractivity contribution is 5.41. The first-order valence-corrected chi connectivity index (χ1v) is 8.65. The molecule has 3 heteroatoms. The maximum Gasteiger partial charge on any atom is 0.128 e. The Labute approximate surface area is 131 Å². The van der Waals surface area contributed by atoms with Gasteiger partial charge in [-0.1, -0.05) is 39.7 Å². The molecule has 0 fully saturated rings. The van der Waals surface area contributed by atoms with Crippen molar-refractivity contribution in [1.29, 1.82) is 0 Å². The predicted molar refractivity (Wildman–Crippen MR) is 93.0 cm³/mol. The van der Waals surface area contributed by atoms with Gasteiger partial charge in [-0.25, -0.2) is 4.98 Å². The van der Waals surface area contributed by atoms with Crippen molar-refractivity contribution in [3.05, 3.63) is 23.4 Å². The summed E-state index contributed by atoms with van der Waals surface area (Å²) >= 11 is 0. The van der Waals surface area contributed by atoms with Gasteiger partial charge in [0, 0.05) is 25.3 Å². The zero-order valence-electron chi connectivity index (χ0n) is 14.4. The molecule has 120 valence electrons.